The summed E-state index contributed by atoms with van der Waals surface area (Å²) in [6, 6.07) is 7.28. The van der Waals surface area contributed by atoms with Gasteiger partial charge in [-0.05, 0) is 37.8 Å². The van der Waals surface area contributed by atoms with Crippen LogP contribution >= 0.6 is 0 Å². The minimum absolute atomic E-state index is 0.0300. The van der Waals surface area contributed by atoms with Gasteiger partial charge >= 0.3 is 0 Å². The lowest BCUT2D eigenvalue weighted by Crippen LogP contribution is -2.29. The third-order valence-electron chi connectivity index (χ3n) is 6.01. The number of aromatic amines is 1. The Morgan fingerprint density at radius 1 is 1.28 bits per heavy atom. The predicted octanol–water partition coefficient (Wildman–Crippen LogP) is 2.28. The number of para-hydroxylation sites is 1. The summed E-state index contributed by atoms with van der Waals surface area (Å²) in [5.74, 6) is 0.893. The molecule has 1 aromatic carbocycles. The molecule has 1 aliphatic heterocycles. The van der Waals surface area contributed by atoms with Crippen LogP contribution in [0.5, 0.6) is 5.75 Å². The Kier molecular flexibility index (Phi) is 5.01. The standard InChI is InChI=1S/C22H26N6O4/c1-27-22(31)18-14(11-16(24-20(18)26-27)25-21(30)12-8-9-12)23-13-5-3-6-15(19(13)32-2)28-10-4-7-17(28)29/h3,5-6,11-12,17,29H,4,7-10H2,1-2H3,(H3,23,24,25,26,30). The smallest absolute Gasteiger partial charge is 0.277 e. The highest BCUT2D eigenvalue weighted by molar-refractivity contribution is 5.98. The summed E-state index contributed by atoms with van der Waals surface area (Å²) in [5.41, 5.74) is 2.05. The lowest BCUT2D eigenvalue weighted by Gasteiger charge is -2.26. The number of anilines is 4. The first-order valence-corrected chi connectivity index (χ1v) is 10.8. The molecular formula is C22H26N6O4. The van der Waals surface area contributed by atoms with Crippen LogP contribution in [-0.4, -0.2) is 45.7 Å². The topological polar surface area (TPSA) is 125 Å². The molecule has 1 atom stereocenters. The minimum atomic E-state index is -0.562. The Morgan fingerprint density at radius 2 is 2.09 bits per heavy atom. The number of hydrogen-bond donors (Lipinski definition) is 4. The van der Waals surface area contributed by atoms with Crippen molar-refractivity contribution in [2.24, 2.45) is 13.0 Å². The highest BCUT2D eigenvalue weighted by Gasteiger charge is 2.30. The molecule has 5 rings (SSSR count). The van der Waals surface area contributed by atoms with Crippen LogP contribution < -0.4 is 25.8 Å². The number of aryl methyl sites for hydroxylation is 1. The molecule has 2 fully saturated rings. The molecule has 32 heavy (non-hydrogen) atoms. The molecule has 0 spiro atoms. The van der Waals surface area contributed by atoms with Gasteiger partial charge in [0.2, 0.25) is 5.91 Å². The number of nitrogens with one attached hydrogen (secondary N) is 3. The highest BCUT2D eigenvalue weighted by atomic mass is 16.5. The number of H-pyrrole nitrogens is 1. The summed E-state index contributed by atoms with van der Waals surface area (Å²) in [7, 11) is 3.19. The molecule has 3 aromatic rings. The number of ether oxygens (including phenoxy) is 1. The van der Waals surface area contributed by atoms with Crippen molar-refractivity contribution in [3.8, 4) is 5.75 Å². The molecule has 1 saturated heterocycles. The second kappa shape index (κ2) is 7.86. The number of hydrogen-bond acceptors (Lipinski definition) is 7. The normalized spacial score (nSPS) is 18.2. The monoisotopic (exact) mass is 438 g/mol. The lowest BCUT2D eigenvalue weighted by atomic mass is 10.2. The number of aliphatic hydroxyl groups is 1. The van der Waals surface area contributed by atoms with E-state index in [1.54, 1.807) is 20.2 Å². The average Bonchev–Trinajstić information content (AvgIpc) is 3.48. The first-order valence-electron chi connectivity index (χ1n) is 10.8. The van der Waals surface area contributed by atoms with Crippen molar-refractivity contribution >= 4 is 39.8 Å². The fraction of sp³-hybridized carbons (Fsp3) is 0.409. The summed E-state index contributed by atoms with van der Waals surface area (Å²) >= 11 is 0. The largest absolute Gasteiger partial charge is 0.492 e. The number of amides is 1. The van der Waals surface area contributed by atoms with Crippen LogP contribution in [-0.2, 0) is 11.8 Å². The zero-order valence-electron chi connectivity index (χ0n) is 18.0. The molecule has 168 valence electrons. The predicted molar refractivity (Wildman–Crippen MR) is 122 cm³/mol. The maximum absolute atomic E-state index is 12.8. The van der Waals surface area contributed by atoms with E-state index in [1.165, 1.54) is 4.68 Å². The van der Waals surface area contributed by atoms with Crippen LogP contribution in [0.2, 0.25) is 0 Å². The van der Waals surface area contributed by atoms with Gasteiger partial charge in [-0.1, -0.05) is 6.07 Å². The molecule has 1 amide bonds. The third-order valence-corrected chi connectivity index (χ3v) is 6.01. The molecule has 3 heterocycles. The summed E-state index contributed by atoms with van der Waals surface area (Å²) in [6.07, 6.45) is 2.81. The molecule has 10 heteroatoms. The molecule has 1 aliphatic carbocycles. The van der Waals surface area contributed by atoms with Crippen LogP contribution in [0.3, 0.4) is 0 Å². The Labute approximate surface area is 184 Å². The number of carbonyl (C=O) groups is 1. The maximum atomic E-state index is 12.8. The van der Waals surface area contributed by atoms with E-state index in [0.29, 0.717) is 40.4 Å². The molecule has 2 aliphatic rings. The van der Waals surface area contributed by atoms with E-state index in [2.05, 4.69) is 20.7 Å². The number of benzene rings is 1. The fourth-order valence-corrected chi connectivity index (χ4v) is 4.20. The first kappa shape index (κ1) is 20.4. The molecule has 0 radical (unpaired) electrons. The number of aliphatic hydroxyl groups excluding tert-OH is 1. The molecule has 1 saturated carbocycles. The number of nitrogens with zero attached hydrogens (tertiary/aromatic N) is 3. The van der Waals surface area contributed by atoms with Gasteiger partial charge in [-0.15, -0.1) is 0 Å². The van der Waals surface area contributed by atoms with Crippen LogP contribution in [0, 0.1) is 5.92 Å². The quantitative estimate of drug-likeness (QED) is 0.465. The summed E-state index contributed by atoms with van der Waals surface area (Å²) < 4.78 is 7.05. The SMILES string of the molecule is COc1c(Nc2cc(NC(=O)C3CC3)nc3[nH]n(C)c(=O)c23)cccc1N1CCCC1O. The van der Waals surface area contributed by atoms with E-state index in [-0.39, 0.29) is 17.4 Å². The number of aromatic nitrogens is 3. The average molecular weight is 438 g/mol. The van der Waals surface area contributed by atoms with E-state index in [1.807, 2.05) is 23.1 Å². The van der Waals surface area contributed by atoms with Gasteiger partial charge in [-0.25, -0.2) is 4.98 Å². The maximum Gasteiger partial charge on any atom is 0.277 e. The van der Waals surface area contributed by atoms with Crippen molar-refractivity contribution in [2.75, 3.05) is 29.2 Å². The van der Waals surface area contributed by atoms with E-state index in [0.717, 1.165) is 31.5 Å². The molecule has 4 N–H and O–H groups in total. The first-order chi connectivity index (χ1) is 15.5. The summed E-state index contributed by atoms with van der Waals surface area (Å²) in [6.45, 7) is 0.732. The van der Waals surface area contributed by atoms with Gasteiger partial charge in [-0.3, -0.25) is 19.4 Å². The van der Waals surface area contributed by atoms with Gasteiger partial charge in [0.25, 0.3) is 5.56 Å². The zero-order chi connectivity index (χ0) is 22.4. The van der Waals surface area contributed by atoms with Gasteiger partial charge < -0.3 is 25.4 Å². The highest BCUT2D eigenvalue weighted by Crippen LogP contribution is 2.40. The van der Waals surface area contributed by atoms with Gasteiger partial charge in [0, 0.05) is 25.6 Å². The van der Waals surface area contributed by atoms with E-state index in [4.69, 9.17) is 4.74 Å². The van der Waals surface area contributed by atoms with Gasteiger partial charge in [0.15, 0.2) is 11.4 Å². The van der Waals surface area contributed by atoms with E-state index >= 15 is 0 Å². The number of fused-ring (bicyclic) bond motifs is 1. The fourth-order valence-electron chi connectivity index (χ4n) is 4.20. The van der Waals surface area contributed by atoms with Crippen molar-refractivity contribution in [1.29, 1.82) is 0 Å². The molecular weight excluding hydrogens is 412 g/mol. The summed E-state index contributed by atoms with van der Waals surface area (Å²) in [4.78, 5) is 31.4. The number of pyridine rings is 1. The van der Waals surface area contributed by atoms with Gasteiger partial charge in [0.1, 0.15) is 17.4 Å². The number of carbonyl (C=O) groups excluding carboxylic acids is 1. The Morgan fingerprint density at radius 3 is 2.78 bits per heavy atom. The van der Waals surface area contributed by atoms with E-state index < -0.39 is 6.23 Å². The van der Waals surface area contributed by atoms with Crippen molar-refractivity contribution < 1.29 is 14.6 Å². The second-order valence-corrected chi connectivity index (χ2v) is 8.32. The molecule has 0 bridgehead atoms. The minimum Gasteiger partial charge on any atom is -0.492 e. The van der Waals surface area contributed by atoms with E-state index in [9.17, 15) is 14.7 Å². The Bertz CT molecular complexity index is 1250. The van der Waals surface area contributed by atoms with Crippen LogP contribution in [0.15, 0.2) is 29.1 Å². The Balaban J connectivity index is 1.57. The number of rotatable bonds is 6. The third kappa shape index (κ3) is 3.56. The molecule has 1 unspecified atom stereocenters. The molecule has 10 nitrogen and oxygen atoms in total. The lowest BCUT2D eigenvalue weighted by molar-refractivity contribution is -0.117. The van der Waals surface area contributed by atoms with Crippen molar-refractivity contribution in [3.05, 3.63) is 34.6 Å². The van der Waals surface area contributed by atoms with Gasteiger partial charge in [-0.2, -0.15) is 0 Å². The second-order valence-electron chi connectivity index (χ2n) is 8.32. The van der Waals surface area contributed by atoms with Crippen LogP contribution in [0.25, 0.3) is 11.0 Å². The van der Waals surface area contributed by atoms with Crippen LogP contribution in [0.1, 0.15) is 25.7 Å². The van der Waals surface area contributed by atoms with Gasteiger partial charge in [0.05, 0.1) is 24.2 Å². The Hall–Kier alpha value is -3.53. The van der Waals surface area contributed by atoms with Crippen LogP contribution in [0.4, 0.5) is 22.9 Å². The van der Waals surface area contributed by atoms with Crippen molar-refractivity contribution in [1.82, 2.24) is 14.8 Å². The number of methoxy groups -OCH3 is 1. The molecule has 2 aromatic heterocycles. The van der Waals surface area contributed by atoms with Crippen molar-refractivity contribution in [2.45, 2.75) is 31.9 Å². The van der Waals surface area contributed by atoms with Crippen molar-refractivity contribution in [3.63, 3.8) is 0 Å². The summed E-state index contributed by atoms with van der Waals surface area (Å²) in [5, 5.41) is 19.8. The zero-order valence-corrected chi connectivity index (χ0v) is 18.0.